The zero-order valence-corrected chi connectivity index (χ0v) is 19.0. The van der Waals surface area contributed by atoms with E-state index in [4.69, 9.17) is 4.74 Å². The van der Waals surface area contributed by atoms with Gasteiger partial charge in [-0.25, -0.2) is 0 Å². The summed E-state index contributed by atoms with van der Waals surface area (Å²) in [6.07, 6.45) is 0.828. The minimum atomic E-state index is -0.614. The lowest BCUT2D eigenvalue weighted by Crippen LogP contribution is -2.50. The second kappa shape index (κ2) is 11.0. The first-order valence-corrected chi connectivity index (χ1v) is 10.6. The first-order chi connectivity index (χ1) is 13.8. The fourth-order valence-electron chi connectivity index (χ4n) is 2.74. The fraction of sp³-hybridized carbons (Fsp3) is 0.391. The Balaban J connectivity index is 2.14. The zero-order chi connectivity index (χ0) is 21.4. The van der Waals surface area contributed by atoms with E-state index in [-0.39, 0.29) is 24.5 Å². The highest BCUT2D eigenvalue weighted by Crippen LogP contribution is 2.16. The lowest BCUT2D eigenvalue weighted by Gasteiger charge is -2.29. The summed E-state index contributed by atoms with van der Waals surface area (Å²) in [6, 6.07) is 14.7. The van der Waals surface area contributed by atoms with Gasteiger partial charge in [0, 0.05) is 17.1 Å². The number of nitrogens with zero attached hydrogens (tertiary/aromatic N) is 1. The second-order valence-electron chi connectivity index (χ2n) is 7.25. The van der Waals surface area contributed by atoms with Crippen LogP contribution in [0.25, 0.3) is 0 Å². The summed E-state index contributed by atoms with van der Waals surface area (Å²) >= 11 is 3.46. The Morgan fingerprint density at radius 3 is 2.45 bits per heavy atom. The number of rotatable bonds is 9. The van der Waals surface area contributed by atoms with Crippen molar-refractivity contribution in [2.24, 2.45) is 0 Å². The van der Waals surface area contributed by atoms with Gasteiger partial charge < -0.3 is 15.0 Å². The van der Waals surface area contributed by atoms with Crippen LogP contribution < -0.4 is 10.1 Å². The van der Waals surface area contributed by atoms with E-state index in [2.05, 4.69) is 21.2 Å². The number of benzene rings is 2. The van der Waals surface area contributed by atoms with Gasteiger partial charge in [-0.1, -0.05) is 52.7 Å². The van der Waals surface area contributed by atoms with Crippen molar-refractivity contribution >= 4 is 27.7 Å². The predicted octanol–water partition coefficient (Wildman–Crippen LogP) is 4.47. The Morgan fingerprint density at radius 2 is 1.83 bits per heavy atom. The quantitative estimate of drug-likeness (QED) is 0.600. The number of carbonyl (C=O) groups is 2. The van der Waals surface area contributed by atoms with E-state index in [0.29, 0.717) is 12.3 Å². The molecular formula is C23H29BrN2O3. The van der Waals surface area contributed by atoms with Crippen LogP contribution in [0.2, 0.25) is 0 Å². The molecule has 5 nitrogen and oxygen atoms in total. The normalized spacial score (nSPS) is 12.7. The average Bonchev–Trinajstić information content (AvgIpc) is 2.70. The van der Waals surface area contributed by atoms with Crippen molar-refractivity contribution in [1.29, 1.82) is 0 Å². The number of halogens is 1. The summed E-state index contributed by atoms with van der Waals surface area (Å²) < 4.78 is 6.59. The van der Waals surface area contributed by atoms with Crippen LogP contribution in [0, 0.1) is 6.92 Å². The van der Waals surface area contributed by atoms with E-state index in [1.807, 2.05) is 69.3 Å². The van der Waals surface area contributed by atoms with E-state index in [0.717, 1.165) is 22.0 Å². The van der Waals surface area contributed by atoms with Crippen molar-refractivity contribution in [1.82, 2.24) is 10.2 Å². The van der Waals surface area contributed by atoms with Gasteiger partial charge in [0.25, 0.3) is 5.91 Å². The van der Waals surface area contributed by atoms with Gasteiger partial charge in [-0.3, -0.25) is 9.59 Å². The van der Waals surface area contributed by atoms with Gasteiger partial charge in [-0.05, 0) is 57.0 Å². The molecule has 0 spiro atoms. The highest BCUT2D eigenvalue weighted by Gasteiger charge is 2.27. The van der Waals surface area contributed by atoms with Crippen LogP contribution >= 0.6 is 15.9 Å². The smallest absolute Gasteiger partial charge is 0.261 e. The molecule has 0 saturated carbocycles. The van der Waals surface area contributed by atoms with Crippen molar-refractivity contribution in [3.8, 4) is 5.75 Å². The molecule has 1 N–H and O–H groups in total. The molecule has 0 saturated heterocycles. The standard InChI is InChI=1S/C23H29BrN2O3/c1-5-17(3)25-23(28)18(4)26(14-19-7-6-8-20(24)13-19)22(27)15-29-21-11-9-16(2)10-12-21/h6-13,17-18H,5,14-15H2,1-4H3,(H,25,28)/t17-,18-/m1/s1. The molecule has 0 unspecified atom stereocenters. The lowest BCUT2D eigenvalue weighted by molar-refractivity contribution is -0.142. The molecule has 0 bridgehead atoms. The van der Waals surface area contributed by atoms with E-state index in [1.165, 1.54) is 0 Å². The summed E-state index contributed by atoms with van der Waals surface area (Å²) in [4.78, 5) is 27.2. The number of ether oxygens (including phenoxy) is 1. The van der Waals surface area contributed by atoms with Gasteiger partial charge in [0.15, 0.2) is 6.61 Å². The zero-order valence-electron chi connectivity index (χ0n) is 17.4. The van der Waals surface area contributed by atoms with Gasteiger partial charge in [-0.2, -0.15) is 0 Å². The van der Waals surface area contributed by atoms with Crippen LogP contribution in [0.3, 0.4) is 0 Å². The van der Waals surface area contributed by atoms with Crippen molar-refractivity contribution < 1.29 is 14.3 Å². The Kier molecular flexibility index (Phi) is 8.70. The fourth-order valence-corrected chi connectivity index (χ4v) is 3.19. The highest BCUT2D eigenvalue weighted by molar-refractivity contribution is 9.10. The topological polar surface area (TPSA) is 58.6 Å². The number of nitrogens with one attached hydrogen (secondary N) is 1. The van der Waals surface area contributed by atoms with Crippen LogP contribution in [-0.4, -0.2) is 35.4 Å². The summed E-state index contributed by atoms with van der Waals surface area (Å²) in [7, 11) is 0. The summed E-state index contributed by atoms with van der Waals surface area (Å²) in [5.41, 5.74) is 2.06. The van der Waals surface area contributed by atoms with Crippen molar-refractivity contribution in [2.45, 2.75) is 52.7 Å². The molecule has 2 atom stereocenters. The lowest BCUT2D eigenvalue weighted by atomic mass is 10.1. The Hall–Kier alpha value is -2.34. The van der Waals surface area contributed by atoms with E-state index >= 15 is 0 Å². The molecule has 2 rings (SSSR count). The first-order valence-electron chi connectivity index (χ1n) is 9.84. The maximum atomic E-state index is 13.0. The molecule has 2 aromatic rings. The molecule has 156 valence electrons. The minimum absolute atomic E-state index is 0.0524. The molecule has 0 fully saturated rings. The van der Waals surface area contributed by atoms with Gasteiger partial charge in [0.1, 0.15) is 11.8 Å². The third-order valence-electron chi connectivity index (χ3n) is 4.79. The van der Waals surface area contributed by atoms with Crippen LogP contribution in [0.5, 0.6) is 5.75 Å². The van der Waals surface area contributed by atoms with Gasteiger partial charge in [0.2, 0.25) is 5.91 Å². The summed E-state index contributed by atoms with van der Waals surface area (Å²) in [5, 5.41) is 2.96. The van der Waals surface area contributed by atoms with Crippen LogP contribution in [-0.2, 0) is 16.1 Å². The number of hydrogen-bond acceptors (Lipinski definition) is 3. The van der Waals surface area contributed by atoms with E-state index in [1.54, 1.807) is 11.8 Å². The van der Waals surface area contributed by atoms with Crippen molar-refractivity contribution in [2.75, 3.05) is 6.61 Å². The van der Waals surface area contributed by atoms with Crippen LogP contribution in [0.1, 0.15) is 38.3 Å². The number of carbonyl (C=O) groups excluding carboxylic acids is 2. The van der Waals surface area contributed by atoms with Crippen LogP contribution in [0.15, 0.2) is 53.0 Å². The third-order valence-corrected chi connectivity index (χ3v) is 5.29. The molecule has 0 aliphatic carbocycles. The Labute approximate surface area is 181 Å². The minimum Gasteiger partial charge on any atom is -0.484 e. The summed E-state index contributed by atoms with van der Waals surface area (Å²) in [6.45, 7) is 7.90. The van der Waals surface area contributed by atoms with Gasteiger partial charge in [-0.15, -0.1) is 0 Å². The predicted molar refractivity (Wildman–Crippen MR) is 119 cm³/mol. The van der Waals surface area contributed by atoms with Gasteiger partial charge in [0.05, 0.1) is 0 Å². The molecular weight excluding hydrogens is 432 g/mol. The maximum absolute atomic E-state index is 13.0. The Bertz CT molecular complexity index is 823. The molecule has 0 aliphatic heterocycles. The largest absolute Gasteiger partial charge is 0.484 e. The third kappa shape index (κ3) is 7.20. The molecule has 6 heteroatoms. The monoisotopic (exact) mass is 460 g/mol. The molecule has 0 aliphatic rings. The summed E-state index contributed by atoms with van der Waals surface area (Å²) in [5.74, 6) is 0.221. The molecule has 29 heavy (non-hydrogen) atoms. The highest BCUT2D eigenvalue weighted by atomic mass is 79.9. The number of hydrogen-bond donors (Lipinski definition) is 1. The van der Waals surface area contributed by atoms with E-state index < -0.39 is 6.04 Å². The molecule has 0 aromatic heterocycles. The number of aryl methyl sites for hydroxylation is 1. The van der Waals surface area contributed by atoms with Gasteiger partial charge >= 0.3 is 0 Å². The van der Waals surface area contributed by atoms with Crippen molar-refractivity contribution in [3.63, 3.8) is 0 Å². The molecule has 0 radical (unpaired) electrons. The molecule has 0 heterocycles. The molecule has 2 amide bonds. The number of amides is 2. The first kappa shape index (κ1) is 22.9. The van der Waals surface area contributed by atoms with E-state index in [9.17, 15) is 9.59 Å². The average molecular weight is 461 g/mol. The van der Waals surface area contributed by atoms with Crippen molar-refractivity contribution in [3.05, 3.63) is 64.1 Å². The second-order valence-corrected chi connectivity index (χ2v) is 8.16. The maximum Gasteiger partial charge on any atom is 0.261 e. The SMILES string of the molecule is CC[C@@H](C)NC(=O)[C@@H](C)N(Cc1cccc(Br)c1)C(=O)COc1ccc(C)cc1. The van der Waals surface area contributed by atoms with Crippen LogP contribution in [0.4, 0.5) is 0 Å². The molecule has 2 aromatic carbocycles. The Morgan fingerprint density at radius 1 is 1.14 bits per heavy atom.